The third kappa shape index (κ3) is 1.30. The van der Waals surface area contributed by atoms with E-state index in [2.05, 4.69) is 5.73 Å². The van der Waals surface area contributed by atoms with E-state index in [1.807, 2.05) is 0 Å². The highest BCUT2D eigenvalue weighted by Crippen LogP contribution is 2.07. The number of hydrogen-bond acceptors (Lipinski definition) is 0. The Hall–Kier alpha value is -0.960. The van der Waals surface area contributed by atoms with E-state index in [9.17, 15) is 8.78 Å². The molecule has 0 aromatic heterocycles. The largest absolute Gasteiger partial charge is 0.354 e. The van der Waals surface area contributed by atoms with Gasteiger partial charge in [-0.05, 0) is 18.2 Å². The van der Waals surface area contributed by atoms with Crippen LogP contribution in [0, 0.1) is 11.6 Å². The molecule has 1 nitrogen and oxygen atoms in total. The Bertz CT molecular complexity index is 235. The summed E-state index contributed by atoms with van der Waals surface area (Å²) < 4.78 is 24.9. The molecule has 1 rings (SSSR count). The average Bonchev–Trinajstić information content (AvgIpc) is 1.94. The van der Waals surface area contributed by atoms with Crippen LogP contribution < -0.4 is 5.73 Å². The number of quaternary nitrogens is 1. The number of benzene rings is 1. The summed E-state index contributed by atoms with van der Waals surface area (Å²) in [4.78, 5) is 0. The van der Waals surface area contributed by atoms with E-state index in [-0.39, 0.29) is 6.54 Å². The van der Waals surface area contributed by atoms with Crippen LogP contribution in [0.2, 0.25) is 0 Å². The Morgan fingerprint density at radius 3 is 2.50 bits per heavy atom. The molecule has 0 spiro atoms. The maximum atomic E-state index is 12.6. The van der Waals surface area contributed by atoms with Crippen LogP contribution in [0.4, 0.5) is 8.78 Å². The van der Waals surface area contributed by atoms with Crippen LogP contribution in [-0.4, -0.2) is 0 Å². The lowest BCUT2D eigenvalue weighted by molar-refractivity contribution is -0.387. The molecule has 0 aliphatic rings. The van der Waals surface area contributed by atoms with Gasteiger partial charge < -0.3 is 5.73 Å². The first kappa shape index (κ1) is 7.15. The molecule has 0 atom stereocenters. The summed E-state index contributed by atoms with van der Waals surface area (Å²) in [7, 11) is 0. The molecule has 54 valence electrons. The minimum Gasteiger partial charge on any atom is -0.354 e. The predicted octanol–water partition coefficient (Wildman–Crippen LogP) is 0.707. The van der Waals surface area contributed by atoms with Crippen molar-refractivity contribution in [2.45, 2.75) is 6.54 Å². The average molecular weight is 144 g/mol. The summed E-state index contributed by atoms with van der Waals surface area (Å²) in [5, 5.41) is 0. The lowest BCUT2D eigenvalue weighted by atomic mass is 10.2. The van der Waals surface area contributed by atoms with Gasteiger partial charge in [-0.25, -0.2) is 8.78 Å². The Labute approximate surface area is 57.5 Å². The Morgan fingerprint density at radius 2 is 2.00 bits per heavy atom. The second-order valence-corrected chi connectivity index (χ2v) is 1.99. The SMILES string of the molecule is [NH3+]Cc1cc(F)ccc1F. The fourth-order valence-corrected chi connectivity index (χ4v) is 0.735. The molecule has 0 unspecified atom stereocenters. The van der Waals surface area contributed by atoms with Crippen molar-refractivity contribution >= 4 is 0 Å². The second-order valence-electron chi connectivity index (χ2n) is 1.99. The molecule has 1 aromatic rings. The third-order valence-corrected chi connectivity index (χ3v) is 1.28. The standard InChI is InChI=1S/C7H7F2N/c8-6-1-2-7(9)5(3-6)4-10/h1-3H,4,10H2/p+1. The van der Waals surface area contributed by atoms with Gasteiger partial charge >= 0.3 is 0 Å². The summed E-state index contributed by atoms with van der Waals surface area (Å²) in [5.41, 5.74) is 3.77. The van der Waals surface area contributed by atoms with Crippen LogP contribution in [0.1, 0.15) is 5.56 Å². The highest BCUT2D eigenvalue weighted by molar-refractivity contribution is 5.17. The Morgan fingerprint density at radius 1 is 1.30 bits per heavy atom. The van der Waals surface area contributed by atoms with E-state index >= 15 is 0 Å². The zero-order chi connectivity index (χ0) is 7.56. The number of halogens is 2. The first-order valence-electron chi connectivity index (χ1n) is 2.97. The molecule has 0 aliphatic heterocycles. The van der Waals surface area contributed by atoms with Crippen LogP contribution in [0.3, 0.4) is 0 Å². The highest BCUT2D eigenvalue weighted by Gasteiger charge is 2.01. The minimum absolute atomic E-state index is 0.281. The third-order valence-electron chi connectivity index (χ3n) is 1.28. The van der Waals surface area contributed by atoms with Crippen molar-refractivity contribution in [1.82, 2.24) is 0 Å². The fraction of sp³-hybridized carbons (Fsp3) is 0.143. The molecule has 0 saturated heterocycles. The highest BCUT2D eigenvalue weighted by atomic mass is 19.1. The summed E-state index contributed by atoms with van der Waals surface area (Å²) in [5.74, 6) is -0.809. The normalized spacial score (nSPS) is 9.90. The van der Waals surface area contributed by atoms with Crippen molar-refractivity contribution in [1.29, 1.82) is 0 Å². The molecule has 0 radical (unpaired) electrons. The van der Waals surface area contributed by atoms with E-state index in [4.69, 9.17) is 0 Å². The lowest BCUT2D eigenvalue weighted by Gasteiger charge is -1.95. The van der Waals surface area contributed by atoms with Crippen LogP contribution in [-0.2, 0) is 6.54 Å². The van der Waals surface area contributed by atoms with Crippen LogP contribution in [0.5, 0.6) is 0 Å². The number of rotatable bonds is 1. The Kier molecular flexibility index (Phi) is 1.97. The first-order chi connectivity index (χ1) is 4.74. The van der Waals surface area contributed by atoms with Crippen LogP contribution in [0.15, 0.2) is 18.2 Å². The molecule has 0 aliphatic carbocycles. The van der Waals surface area contributed by atoms with Gasteiger partial charge in [0.2, 0.25) is 0 Å². The molecular formula is C7H8F2N+. The van der Waals surface area contributed by atoms with E-state index in [1.54, 1.807) is 0 Å². The molecule has 0 amide bonds. The van der Waals surface area contributed by atoms with E-state index in [0.717, 1.165) is 18.2 Å². The van der Waals surface area contributed by atoms with E-state index in [0.29, 0.717) is 5.56 Å². The van der Waals surface area contributed by atoms with Gasteiger partial charge in [0.25, 0.3) is 0 Å². The zero-order valence-electron chi connectivity index (χ0n) is 5.40. The zero-order valence-corrected chi connectivity index (χ0v) is 5.40. The van der Waals surface area contributed by atoms with E-state index in [1.165, 1.54) is 0 Å². The lowest BCUT2D eigenvalue weighted by Crippen LogP contribution is -2.47. The maximum Gasteiger partial charge on any atom is 0.132 e. The predicted molar refractivity (Wildman–Crippen MR) is 33.0 cm³/mol. The molecule has 0 fully saturated rings. The topological polar surface area (TPSA) is 27.6 Å². The first-order valence-corrected chi connectivity index (χ1v) is 2.97. The maximum absolute atomic E-state index is 12.6. The second kappa shape index (κ2) is 2.75. The smallest absolute Gasteiger partial charge is 0.132 e. The molecule has 0 bridgehead atoms. The van der Waals surface area contributed by atoms with Crippen LogP contribution >= 0.6 is 0 Å². The van der Waals surface area contributed by atoms with Crippen molar-refractivity contribution in [3.05, 3.63) is 35.4 Å². The van der Waals surface area contributed by atoms with Crippen molar-refractivity contribution < 1.29 is 14.5 Å². The minimum atomic E-state index is -0.417. The van der Waals surface area contributed by atoms with Crippen molar-refractivity contribution in [3.63, 3.8) is 0 Å². The number of hydrogen-bond donors (Lipinski definition) is 1. The molecule has 1 aromatic carbocycles. The van der Waals surface area contributed by atoms with E-state index < -0.39 is 11.6 Å². The van der Waals surface area contributed by atoms with Gasteiger partial charge in [0.1, 0.15) is 18.2 Å². The summed E-state index contributed by atoms with van der Waals surface area (Å²) in [6.45, 7) is 0.281. The molecule has 0 heterocycles. The quantitative estimate of drug-likeness (QED) is 0.601. The van der Waals surface area contributed by atoms with Gasteiger partial charge in [-0.1, -0.05) is 0 Å². The summed E-state index contributed by atoms with van der Waals surface area (Å²) in [6, 6.07) is 3.35. The molecule has 3 N–H and O–H groups in total. The summed E-state index contributed by atoms with van der Waals surface area (Å²) in [6.07, 6.45) is 0. The van der Waals surface area contributed by atoms with Gasteiger partial charge in [-0.15, -0.1) is 0 Å². The van der Waals surface area contributed by atoms with Gasteiger partial charge in [0.15, 0.2) is 0 Å². The van der Waals surface area contributed by atoms with Gasteiger partial charge in [0.05, 0.1) is 0 Å². The van der Waals surface area contributed by atoms with Crippen LogP contribution in [0.25, 0.3) is 0 Å². The van der Waals surface area contributed by atoms with Crippen molar-refractivity contribution in [2.75, 3.05) is 0 Å². The van der Waals surface area contributed by atoms with Gasteiger partial charge in [-0.3, -0.25) is 0 Å². The summed E-state index contributed by atoms with van der Waals surface area (Å²) >= 11 is 0. The monoisotopic (exact) mass is 144 g/mol. The fourth-order valence-electron chi connectivity index (χ4n) is 0.735. The van der Waals surface area contributed by atoms with Crippen molar-refractivity contribution in [3.8, 4) is 0 Å². The Balaban J connectivity index is 3.09. The van der Waals surface area contributed by atoms with Gasteiger partial charge in [-0.2, -0.15) is 0 Å². The molecule has 10 heavy (non-hydrogen) atoms. The molecule has 0 saturated carbocycles. The molecular weight excluding hydrogens is 136 g/mol. The van der Waals surface area contributed by atoms with Gasteiger partial charge in [0, 0.05) is 5.56 Å². The molecule has 3 heteroatoms. The van der Waals surface area contributed by atoms with Crippen molar-refractivity contribution in [2.24, 2.45) is 0 Å².